The van der Waals surface area contributed by atoms with E-state index < -0.39 is 0 Å². The van der Waals surface area contributed by atoms with E-state index in [2.05, 4.69) is 20.6 Å². The van der Waals surface area contributed by atoms with Gasteiger partial charge in [0.15, 0.2) is 0 Å². The lowest BCUT2D eigenvalue weighted by Gasteiger charge is -2.12. The average molecular weight is 302 g/mol. The Bertz CT molecular complexity index is 627. The Balaban J connectivity index is 1.67. The van der Waals surface area contributed by atoms with E-state index in [9.17, 15) is 4.39 Å². The van der Waals surface area contributed by atoms with Gasteiger partial charge in [0.05, 0.1) is 6.10 Å². The van der Waals surface area contributed by atoms with Crippen molar-refractivity contribution in [1.82, 2.24) is 9.97 Å². The fraction of sp³-hybridized carbons (Fsp3) is 0.375. The Labute approximate surface area is 128 Å². The third kappa shape index (κ3) is 3.92. The summed E-state index contributed by atoms with van der Waals surface area (Å²) in [7, 11) is 0. The predicted octanol–water partition coefficient (Wildman–Crippen LogP) is 3.26. The molecule has 3 rings (SSSR count). The molecule has 0 radical (unpaired) electrons. The molecule has 1 atom stereocenters. The molecule has 2 N–H and O–H groups in total. The van der Waals surface area contributed by atoms with E-state index >= 15 is 0 Å². The topological polar surface area (TPSA) is 59.1 Å². The SMILES string of the molecule is Cc1cc(Nc2ccc(F)cc2)nc(NCC2CCCO2)n1. The van der Waals surface area contributed by atoms with Gasteiger partial charge in [0.2, 0.25) is 5.95 Å². The normalized spacial score (nSPS) is 17.5. The second-order valence-corrected chi connectivity index (χ2v) is 5.37. The minimum Gasteiger partial charge on any atom is -0.376 e. The first-order valence-corrected chi connectivity index (χ1v) is 7.43. The van der Waals surface area contributed by atoms with E-state index in [1.165, 1.54) is 12.1 Å². The molecule has 0 bridgehead atoms. The molecule has 1 aliphatic rings. The molecule has 0 amide bonds. The van der Waals surface area contributed by atoms with Gasteiger partial charge >= 0.3 is 0 Å². The molecule has 2 heterocycles. The van der Waals surface area contributed by atoms with Crippen molar-refractivity contribution in [2.45, 2.75) is 25.9 Å². The zero-order valence-corrected chi connectivity index (χ0v) is 12.5. The standard InChI is InChI=1S/C16H19FN4O/c1-11-9-15(20-13-6-4-12(17)5-7-13)21-16(19-11)18-10-14-3-2-8-22-14/h4-7,9,14H,2-3,8,10H2,1H3,(H2,18,19,20,21). The Morgan fingerprint density at radius 2 is 2.09 bits per heavy atom. The van der Waals surface area contributed by atoms with E-state index in [-0.39, 0.29) is 11.9 Å². The molecule has 1 unspecified atom stereocenters. The van der Waals surface area contributed by atoms with Crippen molar-refractivity contribution in [3.8, 4) is 0 Å². The van der Waals surface area contributed by atoms with Crippen LogP contribution in [0.3, 0.4) is 0 Å². The summed E-state index contributed by atoms with van der Waals surface area (Å²) in [4.78, 5) is 8.80. The summed E-state index contributed by atoms with van der Waals surface area (Å²) in [5.74, 6) is 0.984. The highest BCUT2D eigenvalue weighted by molar-refractivity contribution is 5.57. The summed E-state index contributed by atoms with van der Waals surface area (Å²) in [6.07, 6.45) is 2.41. The zero-order valence-electron chi connectivity index (χ0n) is 12.5. The molecule has 1 fully saturated rings. The lowest BCUT2D eigenvalue weighted by molar-refractivity contribution is 0.120. The molecule has 5 nitrogen and oxygen atoms in total. The summed E-state index contributed by atoms with van der Waals surface area (Å²) < 4.78 is 18.5. The number of hydrogen-bond donors (Lipinski definition) is 2. The van der Waals surface area contributed by atoms with Crippen LogP contribution in [0.4, 0.5) is 21.8 Å². The fourth-order valence-corrected chi connectivity index (χ4v) is 2.40. The third-order valence-electron chi connectivity index (χ3n) is 3.48. The largest absolute Gasteiger partial charge is 0.376 e. The summed E-state index contributed by atoms with van der Waals surface area (Å²) in [6.45, 7) is 3.45. The van der Waals surface area contributed by atoms with Gasteiger partial charge in [-0.25, -0.2) is 9.37 Å². The smallest absolute Gasteiger partial charge is 0.224 e. The molecule has 1 saturated heterocycles. The highest BCUT2D eigenvalue weighted by atomic mass is 19.1. The molecule has 2 aromatic rings. The lowest BCUT2D eigenvalue weighted by atomic mass is 10.2. The quantitative estimate of drug-likeness (QED) is 0.888. The van der Waals surface area contributed by atoms with E-state index in [4.69, 9.17) is 4.74 Å². The minimum atomic E-state index is -0.261. The first-order valence-electron chi connectivity index (χ1n) is 7.43. The average Bonchev–Trinajstić information content (AvgIpc) is 3.00. The highest BCUT2D eigenvalue weighted by Crippen LogP contribution is 2.18. The molecule has 6 heteroatoms. The maximum Gasteiger partial charge on any atom is 0.224 e. The van der Waals surface area contributed by atoms with E-state index in [1.807, 2.05) is 13.0 Å². The zero-order chi connectivity index (χ0) is 15.4. The van der Waals surface area contributed by atoms with Crippen molar-refractivity contribution in [1.29, 1.82) is 0 Å². The van der Waals surface area contributed by atoms with E-state index in [0.717, 1.165) is 30.8 Å². The van der Waals surface area contributed by atoms with Crippen LogP contribution < -0.4 is 10.6 Å². The van der Waals surface area contributed by atoms with Crippen LogP contribution in [0.25, 0.3) is 0 Å². The number of hydrogen-bond acceptors (Lipinski definition) is 5. The number of aryl methyl sites for hydroxylation is 1. The molecule has 0 aliphatic carbocycles. The monoisotopic (exact) mass is 302 g/mol. The van der Waals surface area contributed by atoms with Crippen LogP contribution in [0.5, 0.6) is 0 Å². The van der Waals surface area contributed by atoms with Gasteiger partial charge in [-0.2, -0.15) is 4.98 Å². The molecular weight excluding hydrogens is 283 g/mol. The van der Waals surface area contributed by atoms with Crippen molar-refractivity contribution >= 4 is 17.5 Å². The molecule has 116 valence electrons. The van der Waals surface area contributed by atoms with Crippen molar-refractivity contribution in [3.05, 3.63) is 41.8 Å². The van der Waals surface area contributed by atoms with Crippen LogP contribution in [-0.2, 0) is 4.74 Å². The molecule has 0 spiro atoms. The minimum absolute atomic E-state index is 0.234. The maximum atomic E-state index is 12.9. The summed E-state index contributed by atoms with van der Waals surface area (Å²) in [5, 5.41) is 6.37. The second kappa shape index (κ2) is 6.70. The summed E-state index contributed by atoms with van der Waals surface area (Å²) in [6, 6.07) is 8.01. The van der Waals surface area contributed by atoms with E-state index in [0.29, 0.717) is 18.3 Å². The summed E-state index contributed by atoms with van der Waals surface area (Å²) >= 11 is 0. The fourth-order valence-electron chi connectivity index (χ4n) is 2.40. The molecule has 0 saturated carbocycles. The highest BCUT2D eigenvalue weighted by Gasteiger charge is 2.15. The Hall–Kier alpha value is -2.21. The van der Waals surface area contributed by atoms with Crippen LogP contribution in [0.1, 0.15) is 18.5 Å². The predicted molar refractivity (Wildman–Crippen MR) is 83.9 cm³/mol. The van der Waals surface area contributed by atoms with Gasteiger partial charge in [0.25, 0.3) is 0 Å². The van der Waals surface area contributed by atoms with Gasteiger partial charge in [-0.1, -0.05) is 0 Å². The number of anilines is 3. The number of rotatable bonds is 5. The lowest BCUT2D eigenvalue weighted by Crippen LogP contribution is -2.20. The van der Waals surface area contributed by atoms with Crippen LogP contribution in [0, 0.1) is 12.7 Å². The van der Waals surface area contributed by atoms with Crippen molar-refractivity contribution in [2.75, 3.05) is 23.8 Å². The number of halogens is 1. The summed E-state index contributed by atoms with van der Waals surface area (Å²) in [5.41, 5.74) is 1.64. The Morgan fingerprint density at radius 3 is 2.82 bits per heavy atom. The van der Waals surface area contributed by atoms with Gasteiger partial charge in [0, 0.05) is 30.6 Å². The van der Waals surface area contributed by atoms with Gasteiger partial charge in [-0.3, -0.25) is 0 Å². The van der Waals surface area contributed by atoms with Crippen molar-refractivity contribution < 1.29 is 9.13 Å². The Kier molecular flexibility index (Phi) is 4.48. The molecular formula is C16H19FN4O. The number of aromatic nitrogens is 2. The molecule has 1 aliphatic heterocycles. The van der Waals surface area contributed by atoms with Crippen molar-refractivity contribution in [2.24, 2.45) is 0 Å². The first kappa shape index (κ1) is 14.7. The Morgan fingerprint density at radius 1 is 1.27 bits per heavy atom. The van der Waals surface area contributed by atoms with Gasteiger partial charge < -0.3 is 15.4 Å². The third-order valence-corrected chi connectivity index (χ3v) is 3.48. The maximum absolute atomic E-state index is 12.9. The molecule has 1 aromatic heterocycles. The van der Waals surface area contributed by atoms with E-state index in [1.54, 1.807) is 12.1 Å². The number of ether oxygens (including phenoxy) is 1. The van der Waals surface area contributed by atoms with Gasteiger partial charge in [0.1, 0.15) is 11.6 Å². The molecule has 1 aromatic carbocycles. The number of nitrogens with zero attached hydrogens (tertiary/aromatic N) is 2. The number of benzene rings is 1. The van der Waals surface area contributed by atoms with Gasteiger partial charge in [-0.15, -0.1) is 0 Å². The first-order chi connectivity index (χ1) is 10.7. The van der Waals surface area contributed by atoms with Crippen LogP contribution in [0.2, 0.25) is 0 Å². The van der Waals surface area contributed by atoms with Gasteiger partial charge in [-0.05, 0) is 44.0 Å². The van der Waals surface area contributed by atoms with Crippen LogP contribution in [0.15, 0.2) is 30.3 Å². The van der Waals surface area contributed by atoms with Crippen LogP contribution >= 0.6 is 0 Å². The van der Waals surface area contributed by atoms with Crippen LogP contribution in [-0.4, -0.2) is 29.2 Å². The number of nitrogens with one attached hydrogen (secondary N) is 2. The van der Waals surface area contributed by atoms with Crippen molar-refractivity contribution in [3.63, 3.8) is 0 Å². The second-order valence-electron chi connectivity index (χ2n) is 5.37. The molecule has 22 heavy (non-hydrogen) atoms.